The minimum absolute atomic E-state index is 0.234. The molecular weight excluding hydrogens is 318 g/mol. The first-order chi connectivity index (χ1) is 12.8. The quantitative estimate of drug-likeness (QED) is 0.665. The fraction of sp³-hybridized carbons (Fsp3) is 0.250. The molecule has 1 aliphatic rings. The molecule has 0 amide bonds. The fourth-order valence-electron chi connectivity index (χ4n) is 4.36. The van der Waals surface area contributed by atoms with Gasteiger partial charge in [0.15, 0.2) is 6.10 Å². The number of quaternary nitrogens is 1. The number of nitrogens with zero attached hydrogens (tertiary/aromatic N) is 1. The van der Waals surface area contributed by atoms with E-state index in [2.05, 4.69) is 91.0 Å². The highest BCUT2D eigenvalue weighted by atomic mass is 16.3. The summed E-state index contributed by atoms with van der Waals surface area (Å²) in [6.45, 7) is 2.75. The normalized spacial score (nSPS) is 21.1. The summed E-state index contributed by atoms with van der Waals surface area (Å²) in [7, 11) is 0. The second-order valence-corrected chi connectivity index (χ2v) is 7.51. The smallest absolute Gasteiger partial charge is 0.155 e. The maximum atomic E-state index is 10.6. The molecule has 1 N–H and O–H groups in total. The van der Waals surface area contributed by atoms with E-state index in [0.29, 0.717) is 0 Å². The molecule has 0 spiro atoms. The third-order valence-corrected chi connectivity index (χ3v) is 5.67. The second-order valence-electron chi connectivity index (χ2n) is 7.51. The van der Waals surface area contributed by atoms with Crippen LogP contribution in [0.2, 0.25) is 0 Å². The van der Waals surface area contributed by atoms with Crippen molar-refractivity contribution in [3.8, 4) is 0 Å². The van der Waals surface area contributed by atoms with Gasteiger partial charge in [-0.3, -0.25) is 0 Å². The van der Waals surface area contributed by atoms with Crippen LogP contribution in [-0.4, -0.2) is 28.3 Å². The van der Waals surface area contributed by atoms with Crippen molar-refractivity contribution in [3.05, 3.63) is 108 Å². The number of benzene rings is 3. The van der Waals surface area contributed by atoms with Gasteiger partial charge in [-0.15, -0.1) is 0 Å². The highest BCUT2D eigenvalue weighted by molar-refractivity contribution is 5.19. The molecule has 2 nitrogen and oxygen atoms in total. The van der Waals surface area contributed by atoms with Crippen LogP contribution in [0.25, 0.3) is 0 Å². The molecule has 3 aromatic carbocycles. The van der Waals surface area contributed by atoms with Gasteiger partial charge in [-0.25, -0.2) is 0 Å². The average molecular weight is 344 g/mol. The molecule has 3 aromatic rings. The molecule has 132 valence electrons. The van der Waals surface area contributed by atoms with Crippen molar-refractivity contribution in [3.63, 3.8) is 0 Å². The van der Waals surface area contributed by atoms with Gasteiger partial charge < -0.3 is 9.59 Å². The monoisotopic (exact) mass is 344 g/mol. The van der Waals surface area contributed by atoms with Crippen LogP contribution in [0.1, 0.15) is 16.7 Å². The van der Waals surface area contributed by atoms with E-state index in [4.69, 9.17) is 0 Å². The highest BCUT2D eigenvalue weighted by Gasteiger charge is 2.53. The van der Waals surface area contributed by atoms with Crippen LogP contribution >= 0.6 is 0 Å². The summed E-state index contributed by atoms with van der Waals surface area (Å²) < 4.78 is 0.921. The van der Waals surface area contributed by atoms with E-state index in [9.17, 15) is 5.11 Å². The predicted molar refractivity (Wildman–Crippen MR) is 105 cm³/mol. The summed E-state index contributed by atoms with van der Waals surface area (Å²) in [4.78, 5) is 0. The maximum Gasteiger partial charge on any atom is 0.155 e. The van der Waals surface area contributed by atoms with Gasteiger partial charge in [0.2, 0.25) is 0 Å². The minimum atomic E-state index is -0.234. The topological polar surface area (TPSA) is 20.2 Å². The second kappa shape index (κ2) is 7.45. The molecule has 0 saturated carbocycles. The van der Waals surface area contributed by atoms with E-state index >= 15 is 0 Å². The van der Waals surface area contributed by atoms with Crippen LogP contribution in [0.15, 0.2) is 91.0 Å². The lowest BCUT2D eigenvalue weighted by atomic mass is 9.86. The van der Waals surface area contributed by atoms with Crippen molar-refractivity contribution in [2.24, 2.45) is 0 Å². The Morgan fingerprint density at radius 1 is 0.654 bits per heavy atom. The first kappa shape index (κ1) is 17.0. The number of hydrogen-bond acceptors (Lipinski definition) is 1. The molecule has 2 atom stereocenters. The van der Waals surface area contributed by atoms with Crippen molar-refractivity contribution in [1.82, 2.24) is 0 Å². The number of aliphatic hydroxyl groups excluding tert-OH is 1. The van der Waals surface area contributed by atoms with Crippen molar-refractivity contribution in [2.45, 2.75) is 31.7 Å². The molecule has 0 aliphatic carbocycles. The Balaban J connectivity index is 1.63. The van der Waals surface area contributed by atoms with Crippen LogP contribution in [0.5, 0.6) is 0 Å². The Kier molecular flexibility index (Phi) is 4.87. The summed E-state index contributed by atoms with van der Waals surface area (Å²) in [6.07, 6.45) is 0.685. The summed E-state index contributed by atoms with van der Waals surface area (Å²) >= 11 is 0. The van der Waals surface area contributed by atoms with Crippen LogP contribution in [0.4, 0.5) is 0 Å². The van der Waals surface area contributed by atoms with Gasteiger partial charge in [-0.1, -0.05) is 91.0 Å². The molecule has 1 saturated heterocycles. The standard InChI is InChI=1S/C24H26NO/c26-24-19-25(17-21-12-6-2-7-13-21,18-22-14-8-3-9-15-22)23(24)16-20-10-4-1-5-11-20/h1-15,23-24,26H,16-19H2/q+1/t23-,24+/m0/s1. The van der Waals surface area contributed by atoms with Crippen LogP contribution in [0, 0.1) is 0 Å². The van der Waals surface area contributed by atoms with Gasteiger partial charge in [0, 0.05) is 17.5 Å². The van der Waals surface area contributed by atoms with Crippen molar-refractivity contribution < 1.29 is 9.59 Å². The van der Waals surface area contributed by atoms with Gasteiger partial charge in [0.05, 0.1) is 0 Å². The van der Waals surface area contributed by atoms with Crippen molar-refractivity contribution >= 4 is 0 Å². The molecule has 0 bridgehead atoms. The molecule has 26 heavy (non-hydrogen) atoms. The third kappa shape index (κ3) is 3.57. The zero-order valence-electron chi connectivity index (χ0n) is 15.0. The molecular formula is C24H26NO+. The van der Waals surface area contributed by atoms with E-state index < -0.39 is 0 Å². The minimum Gasteiger partial charge on any atom is -0.381 e. The molecule has 0 radical (unpaired) electrons. The predicted octanol–water partition coefficient (Wildman–Crippen LogP) is 4.19. The molecule has 4 rings (SSSR count). The Labute approximate surface area is 155 Å². The highest BCUT2D eigenvalue weighted by Crippen LogP contribution is 2.36. The number of hydrogen-bond donors (Lipinski definition) is 1. The molecule has 0 aromatic heterocycles. The van der Waals surface area contributed by atoms with Crippen LogP contribution < -0.4 is 0 Å². The van der Waals surface area contributed by atoms with E-state index in [1.54, 1.807) is 0 Å². The number of rotatable bonds is 6. The molecule has 1 heterocycles. The lowest BCUT2D eigenvalue weighted by Crippen LogP contribution is -2.73. The number of aliphatic hydroxyl groups is 1. The van der Waals surface area contributed by atoms with Gasteiger partial charge in [-0.05, 0) is 5.56 Å². The zero-order valence-corrected chi connectivity index (χ0v) is 15.0. The van der Waals surface area contributed by atoms with Gasteiger partial charge >= 0.3 is 0 Å². The SMILES string of the molecule is O[C@@H]1C[N+](Cc2ccccc2)(Cc2ccccc2)[C@H]1Cc1ccccc1. The van der Waals surface area contributed by atoms with E-state index in [1.807, 2.05) is 0 Å². The van der Waals surface area contributed by atoms with E-state index in [1.165, 1.54) is 16.7 Å². The zero-order chi connectivity index (χ0) is 17.8. The Bertz CT molecular complexity index is 775. The molecule has 1 aliphatic heterocycles. The summed E-state index contributed by atoms with van der Waals surface area (Å²) in [5.41, 5.74) is 3.99. The van der Waals surface area contributed by atoms with Gasteiger partial charge in [0.1, 0.15) is 25.7 Å². The first-order valence-corrected chi connectivity index (χ1v) is 9.41. The summed E-state index contributed by atoms with van der Waals surface area (Å²) in [5.74, 6) is 0. The van der Waals surface area contributed by atoms with Gasteiger partial charge in [-0.2, -0.15) is 0 Å². The first-order valence-electron chi connectivity index (χ1n) is 9.41. The van der Waals surface area contributed by atoms with E-state index in [0.717, 1.165) is 30.5 Å². The van der Waals surface area contributed by atoms with E-state index in [-0.39, 0.29) is 12.1 Å². The maximum absolute atomic E-state index is 10.6. The summed E-state index contributed by atoms with van der Waals surface area (Å²) in [6, 6.07) is 32.2. The lowest BCUT2D eigenvalue weighted by molar-refractivity contribution is -1.02. The third-order valence-electron chi connectivity index (χ3n) is 5.67. The number of likely N-dealkylation sites (tertiary alicyclic amines) is 1. The Hall–Kier alpha value is -2.42. The molecule has 2 heteroatoms. The molecule has 1 fully saturated rings. The largest absolute Gasteiger partial charge is 0.381 e. The van der Waals surface area contributed by atoms with Crippen LogP contribution in [0.3, 0.4) is 0 Å². The Morgan fingerprint density at radius 3 is 1.50 bits per heavy atom. The van der Waals surface area contributed by atoms with Crippen LogP contribution in [-0.2, 0) is 19.5 Å². The molecule has 0 unspecified atom stereocenters. The average Bonchev–Trinajstić information content (AvgIpc) is 2.68. The Morgan fingerprint density at radius 2 is 1.08 bits per heavy atom. The fourth-order valence-corrected chi connectivity index (χ4v) is 4.36. The van der Waals surface area contributed by atoms with Crippen molar-refractivity contribution in [2.75, 3.05) is 6.54 Å². The van der Waals surface area contributed by atoms with Gasteiger partial charge in [0.25, 0.3) is 0 Å². The lowest BCUT2D eigenvalue weighted by Gasteiger charge is -2.55. The summed E-state index contributed by atoms with van der Waals surface area (Å²) in [5, 5.41) is 10.6. The van der Waals surface area contributed by atoms with Crippen molar-refractivity contribution in [1.29, 1.82) is 0 Å².